The van der Waals surface area contributed by atoms with Crippen molar-refractivity contribution >= 4 is 51.3 Å². The van der Waals surface area contributed by atoms with Crippen LogP contribution in [-0.2, 0) is 9.59 Å². The van der Waals surface area contributed by atoms with E-state index in [9.17, 15) is 14.4 Å². The number of benzene rings is 1. The van der Waals surface area contributed by atoms with E-state index in [2.05, 4.69) is 10.6 Å². The highest BCUT2D eigenvalue weighted by Gasteiger charge is 2.41. The van der Waals surface area contributed by atoms with Gasteiger partial charge in [-0.05, 0) is 48.8 Å². The second kappa shape index (κ2) is 9.56. The molecule has 150 valence electrons. The predicted octanol–water partition coefficient (Wildman–Crippen LogP) is 3.77. The Morgan fingerprint density at radius 3 is 2.68 bits per heavy atom. The number of carbonyl (C=O) groups excluding carboxylic acids is 3. The number of carbonyl (C=O) groups is 3. The fraction of sp³-hybridized carbons (Fsp3) is 0.476. The monoisotopic (exact) mass is 418 g/mol. The quantitative estimate of drug-likeness (QED) is 0.640. The zero-order valence-corrected chi connectivity index (χ0v) is 17.7. The van der Waals surface area contributed by atoms with Crippen LogP contribution in [0.2, 0.25) is 0 Å². The van der Waals surface area contributed by atoms with Gasteiger partial charge < -0.3 is 15.4 Å². The molecule has 7 heteroatoms. The Labute approximate surface area is 173 Å². The molecule has 0 radical (unpaired) electrons. The molecule has 0 saturated heterocycles. The molecule has 5 nitrogen and oxygen atoms in total. The normalized spacial score (nSPS) is 17.0. The number of hydrogen-bond donors (Lipinski definition) is 2. The lowest BCUT2D eigenvalue weighted by atomic mass is 9.80. The number of thioether (sulfide) groups is 1. The first-order chi connectivity index (χ1) is 13.6. The first kappa shape index (κ1) is 20.9. The van der Waals surface area contributed by atoms with E-state index in [1.165, 1.54) is 11.3 Å². The molecule has 3 rings (SSSR count). The minimum absolute atomic E-state index is 0.218. The molecular weight excluding hydrogens is 392 g/mol. The van der Waals surface area contributed by atoms with Crippen LogP contribution >= 0.6 is 23.1 Å². The van der Waals surface area contributed by atoms with Crippen molar-refractivity contribution in [3.8, 4) is 0 Å². The summed E-state index contributed by atoms with van der Waals surface area (Å²) in [6.45, 7) is 0. The highest BCUT2D eigenvalue weighted by Crippen LogP contribution is 2.31. The Balaban J connectivity index is 1.77. The molecule has 2 amide bonds. The summed E-state index contributed by atoms with van der Waals surface area (Å²) >= 11 is 3.07. The summed E-state index contributed by atoms with van der Waals surface area (Å²) in [7, 11) is 0. The molecule has 1 aromatic carbocycles. The summed E-state index contributed by atoms with van der Waals surface area (Å²) in [4.78, 5) is 38.0. The summed E-state index contributed by atoms with van der Waals surface area (Å²) in [5.74, 6) is 0.343. The van der Waals surface area contributed by atoms with Gasteiger partial charge in [-0.25, -0.2) is 0 Å². The van der Waals surface area contributed by atoms with E-state index >= 15 is 0 Å². The van der Waals surface area contributed by atoms with Gasteiger partial charge in [0.25, 0.3) is 5.91 Å². The Morgan fingerprint density at radius 1 is 1.25 bits per heavy atom. The van der Waals surface area contributed by atoms with Crippen LogP contribution in [-0.4, -0.2) is 41.7 Å². The van der Waals surface area contributed by atoms with Gasteiger partial charge in [0.15, 0.2) is 0 Å². The minimum Gasteiger partial charge on any atom is -0.345 e. The summed E-state index contributed by atoms with van der Waals surface area (Å²) in [5.41, 5.74) is -0.938. The lowest BCUT2D eigenvalue weighted by Gasteiger charge is -2.37. The van der Waals surface area contributed by atoms with Gasteiger partial charge in [0.1, 0.15) is 11.8 Å². The van der Waals surface area contributed by atoms with Crippen molar-refractivity contribution in [2.24, 2.45) is 0 Å². The Hall–Kier alpha value is -1.86. The molecule has 2 aromatic rings. The van der Waals surface area contributed by atoms with Crippen LogP contribution in [0.1, 0.15) is 48.2 Å². The van der Waals surface area contributed by atoms with Crippen LogP contribution in [0.3, 0.4) is 0 Å². The van der Waals surface area contributed by atoms with Crippen molar-refractivity contribution in [3.63, 3.8) is 0 Å². The van der Waals surface area contributed by atoms with Crippen molar-refractivity contribution in [1.82, 2.24) is 10.6 Å². The summed E-state index contributed by atoms with van der Waals surface area (Å²) in [6, 6.07) is 9.22. The maximum atomic E-state index is 13.1. The third kappa shape index (κ3) is 4.75. The second-order valence-electron chi connectivity index (χ2n) is 7.24. The molecule has 1 atom stereocenters. The van der Waals surface area contributed by atoms with Gasteiger partial charge in [-0.2, -0.15) is 11.8 Å². The van der Waals surface area contributed by atoms with Gasteiger partial charge in [0.05, 0.1) is 10.9 Å². The molecule has 1 saturated carbocycles. The second-order valence-corrected chi connectivity index (χ2v) is 9.31. The van der Waals surface area contributed by atoms with Gasteiger partial charge in [0.2, 0.25) is 5.91 Å². The van der Waals surface area contributed by atoms with E-state index in [1.807, 2.05) is 36.6 Å². The fourth-order valence-corrected chi connectivity index (χ4v) is 5.11. The van der Waals surface area contributed by atoms with Crippen LogP contribution in [0.4, 0.5) is 0 Å². The van der Waals surface area contributed by atoms with Gasteiger partial charge in [-0.15, -0.1) is 11.3 Å². The molecule has 0 bridgehead atoms. The molecule has 0 unspecified atom stereocenters. The topological polar surface area (TPSA) is 75.3 Å². The third-order valence-electron chi connectivity index (χ3n) is 5.26. The van der Waals surface area contributed by atoms with E-state index < -0.39 is 11.6 Å². The molecule has 1 fully saturated rings. The summed E-state index contributed by atoms with van der Waals surface area (Å²) in [6.07, 6.45) is 7.38. The highest BCUT2D eigenvalue weighted by molar-refractivity contribution is 7.98. The van der Waals surface area contributed by atoms with Gasteiger partial charge in [-0.1, -0.05) is 37.5 Å². The van der Waals surface area contributed by atoms with Gasteiger partial charge >= 0.3 is 0 Å². The van der Waals surface area contributed by atoms with Crippen molar-refractivity contribution in [2.45, 2.75) is 50.1 Å². The van der Waals surface area contributed by atoms with Crippen LogP contribution in [0.25, 0.3) is 10.1 Å². The van der Waals surface area contributed by atoms with Crippen molar-refractivity contribution in [3.05, 3.63) is 35.2 Å². The predicted molar refractivity (Wildman–Crippen MR) is 116 cm³/mol. The van der Waals surface area contributed by atoms with Crippen LogP contribution in [0.15, 0.2) is 30.3 Å². The standard InChI is InChI=1S/C21H26N2O3S2/c1-27-12-9-16(14-24)22-20(26)21(10-5-2-6-11-21)23-19(25)18-13-15-7-3-4-8-17(15)28-18/h3-4,7-8,13-14,16H,2,5-6,9-12H2,1H3,(H,22,26)(H,23,25)/t16-/m0/s1. The molecule has 0 aliphatic heterocycles. The summed E-state index contributed by atoms with van der Waals surface area (Å²) < 4.78 is 1.05. The number of fused-ring (bicyclic) bond motifs is 1. The molecule has 1 aliphatic rings. The third-order valence-corrected chi connectivity index (χ3v) is 7.02. The molecule has 1 aliphatic carbocycles. The lowest BCUT2D eigenvalue weighted by molar-refractivity contribution is -0.130. The van der Waals surface area contributed by atoms with Crippen LogP contribution in [0, 0.1) is 0 Å². The smallest absolute Gasteiger partial charge is 0.262 e. The molecule has 2 N–H and O–H groups in total. The van der Waals surface area contributed by atoms with Crippen LogP contribution < -0.4 is 10.6 Å². The van der Waals surface area contributed by atoms with Gasteiger partial charge in [0, 0.05) is 4.70 Å². The first-order valence-electron chi connectivity index (χ1n) is 9.64. The van der Waals surface area contributed by atoms with Crippen molar-refractivity contribution in [2.75, 3.05) is 12.0 Å². The average Bonchev–Trinajstić information content (AvgIpc) is 3.16. The molecular formula is C21H26N2O3S2. The summed E-state index contributed by atoms with van der Waals surface area (Å²) in [5, 5.41) is 6.92. The molecule has 1 heterocycles. The Morgan fingerprint density at radius 2 is 2.00 bits per heavy atom. The van der Waals surface area contributed by atoms with Crippen LogP contribution in [0.5, 0.6) is 0 Å². The van der Waals surface area contributed by atoms with Crippen molar-refractivity contribution < 1.29 is 14.4 Å². The lowest BCUT2D eigenvalue weighted by Crippen LogP contribution is -2.61. The maximum Gasteiger partial charge on any atom is 0.262 e. The Kier molecular flexibility index (Phi) is 7.13. The molecule has 1 aromatic heterocycles. The molecule has 0 spiro atoms. The number of nitrogens with one attached hydrogen (secondary N) is 2. The maximum absolute atomic E-state index is 13.1. The number of thiophene rings is 1. The number of hydrogen-bond acceptors (Lipinski definition) is 5. The molecule has 28 heavy (non-hydrogen) atoms. The van der Waals surface area contributed by atoms with E-state index in [0.717, 1.165) is 41.4 Å². The number of aldehydes is 1. The highest BCUT2D eigenvalue weighted by atomic mass is 32.2. The van der Waals surface area contributed by atoms with E-state index in [1.54, 1.807) is 11.8 Å². The fourth-order valence-electron chi connectivity index (χ4n) is 3.66. The zero-order chi connectivity index (χ0) is 20.0. The average molecular weight is 419 g/mol. The first-order valence-corrected chi connectivity index (χ1v) is 11.9. The zero-order valence-electron chi connectivity index (χ0n) is 16.0. The van der Waals surface area contributed by atoms with E-state index in [4.69, 9.17) is 0 Å². The minimum atomic E-state index is -0.938. The van der Waals surface area contributed by atoms with E-state index in [0.29, 0.717) is 24.1 Å². The Bertz CT molecular complexity index is 810. The number of amides is 2. The largest absolute Gasteiger partial charge is 0.345 e. The number of rotatable bonds is 8. The SMILES string of the molecule is CSCC[C@@H](C=O)NC(=O)C1(NC(=O)c2cc3ccccc3s2)CCCCC1. The van der Waals surface area contributed by atoms with E-state index in [-0.39, 0.29) is 11.8 Å². The van der Waals surface area contributed by atoms with Gasteiger partial charge in [-0.3, -0.25) is 9.59 Å². The van der Waals surface area contributed by atoms with Crippen molar-refractivity contribution in [1.29, 1.82) is 0 Å².